The second kappa shape index (κ2) is 10.3. The van der Waals surface area contributed by atoms with E-state index in [2.05, 4.69) is 29.4 Å². The number of hydrogen-bond donors (Lipinski definition) is 2. The van der Waals surface area contributed by atoms with Gasteiger partial charge in [0.2, 0.25) is 15.9 Å². The molecule has 0 aliphatic carbocycles. The molecule has 1 fully saturated rings. The van der Waals surface area contributed by atoms with Crippen molar-refractivity contribution < 1.29 is 13.2 Å². The lowest BCUT2D eigenvalue weighted by atomic mass is 10.0. The van der Waals surface area contributed by atoms with Gasteiger partial charge in [-0.05, 0) is 37.1 Å². The van der Waals surface area contributed by atoms with Gasteiger partial charge in [0, 0.05) is 44.0 Å². The highest BCUT2D eigenvalue weighted by atomic mass is 32.2. The minimum absolute atomic E-state index is 0.0744. The van der Waals surface area contributed by atoms with Gasteiger partial charge in [0.25, 0.3) is 0 Å². The van der Waals surface area contributed by atoms with Crippen LogP contribution in [0.4, 0.5) is 5.69 Å². The number of sulfonamides is 1. The molecule has 0 saturated carbocycles. The third-order valence-corrected chi connectivity index (χ3v) is 7.07. The maximum atomic E-state index is 12.5. The number of nitrogens with zero attached hydrogens (tertiary/aromatic N) is 2. The van der Waals surface area contributed by atoms with Crippen molar-refractivity contribution in [2.45, 2.75) is 57.5 Å². The second-order valence-corrected chi connectivity index (χ2v) is 9.47. The SMILES string of the molecule is CCN(CC)S(=O)(=O)c1ccc(NC(=O)CN2CCC(NC(C)C)CC2)cc1. The smallest absolute Gasteiger partial charge is 0.243 e. The number of carbonyl (C=O) groups excluding carboxylic acids is 1. The van der Waals surface area contributed by atoms with E-state index in [0.29, 0.717) is 37.4 Å². The fourth-order valence-electron chi connectivity index (χ4n) is 3.56. The van der Waals surface area contributed by atoms with Crippen LogP contribution < -0.4 is 10.6 Å². The Morgan fingerprint density at radius 1 is 1.14 bits per heavy atom. The Balaban J connectivity index is 1.86. The van der Waals surface area contributed by atoms with Crippen LogP contribution >= 0.6 is 0 Å². The van der Waals surface area contributed by atoms with Gasteiger partial charge in [-0.25, -0.2) is 8.42 Å². The van der Waals surface area contributed by atoms with Crippen molar-refractivity contribution in [2.75, 3.05) is 38.0 Å². The summed E-state index contributed by atoms with van der Waals surface area (Å²) in [6.45, 7) is 11.0. The first-order valence-electron chi connectivity index (χ1n) is 10.1. The van der Waals surface area contributed by atoms with Crippen LogP contribution in [0.5, 0.6) is 0 Å². The van der Waals surface area contributed by atoms with Gasteiger partial charge in [-0.2, -0.15) is 4.31 Å². The number of nitrogens with one attached hydrogen (secondary N) is 2. The van der Waals surface area contributed by atoms with Gasteiger partial charge in [0.1, 0.15) is 0 Å². The largest absolute Gasteiger partial charge is 0.325 e. The van der Waals surface area contributed by atoms with Crippen LogP contribution in [0.3, 0.4) is 0 Å². The summed E-state index contributed by atoms with van der Waals surface area (Å²) in [5.41, 5.74) is 0.611. The first-order valence-corrected chi connectivity index (χ1v) is 11.6. The number of amides is 1. The summed E-state index contributed by atoms with van der Waals surface area (Å²) in [5.74, 6) is -0.0744. The highest BCUT2D eigenvalue weighted by Crippen LogP contribution is 2.18. The van der Waals surface area contributed by atoms with Gasteiger partial charge in [-0.3, -0.25) is 9.69 Å². The van der Waals surface area contributed by atoms with E-state index in [1.54, 1.807) is 24.3 Å². The molecule has 0 aromatic heterocycles. The zero-order valence-electron chi connectivity index (χ0n) is 17.4. The molecule has 158 valence electrons. The molecule has 1 aromatic rings. The number of likely N-dealkylation sites (tertiary alicyclic amines) is 1. The highest BCUT2D eigenvalue weighted by Gasteiger charge is 2.22. The fourth-order valence-corrected chi connectivity index (χ4v) is 5.01. The summed E-state index contributed by atoms with van der Waals surface area (Å²) < 4.78 is 26.4. The summed E-state index contributed by atoms with van der Waals surface area (Å²) in [6.07, 6.45) is 2.09. The monoisotopic (exact) mass is 410 g/mol. The molecule has 28 heavy (non-hydrogen) atoms. The summed E-state index contributed by atoms with van der Waals surface area (Å²) in [6, 6.07) is 7.40. The third kappa shape index (κ3) is 6.27. The fraction of sp³-hybridized carbons (Fsp3) is 0.650. The molecular formula is C20H34N4O3S. The molecule has 0 atom stereocenters. The zero-order valence-corrected chi connectivity index (χ0v) is 18.3. The van der Waals surface area contributed by atoms with Crippen molar-refractivity contribution in [3.05, 3.63) is 24.3 Å². The second-order valence-electron chi connectivity index (χ2n) is 7.53. The maximum absolute atomic E-state index is 12.5. The molecule has 7 nitrogen and oxygen atoms in total. The summed E-state index contributed by atoms with van der Waals surface area (Å²) in [5, 5.41) is 6.41. The topological polar surface area (TPSA) is 81.8 Å². The van der Waals surface area contributed by atoms with Gasteiger partial charge in [0.05, 0.1) is 11.4 Å². The lowest BCUT2D eigenvalue weighted by Gasteiger charge is -2.32. The van der Waals surface area contributed by atoms with E-state index in [1.165, 1.54) is 4.31 Å². The molecule has 2 N–H and O–H groups in total. The van der Waals surface area contributed by atoms with Gasteiger partial charge in [-0.1, -0.05) is 27.7 Å². The third-order valence-electron chi connectivity index (χ3n) is 5.01. The molecule has 1 aliphatic rings. The van der Waals surface area contributed by atoms with Gasteiger partial charge in [0.15, 0.2) is 0 Å². The quantitative estimate of drug-likeness (QED) is 0.652. The Morgan fingerprint density at radius 3 is 2.21 bits per heavy atom. The van der Waals surface area contributed by atoms with Crippen LogP contribution in [0.25, 0.3) is 0 Å². The van der Waals surface area contributed by atoms with E-state index in [-0.39, 0.29) is 10.8 Å². The Morgan fingerprint density at radius 2 is 1.71 bits per heavy atom. The number of benzene rings is 1. The summed E-state index contributed by atoms with van der Waals surface area (Å²) in [4.78, 5) is 14.7. The van der Waals surface area contributed by atoms with Crippen molar-refractivity contribution in [3.8, 4) is 0 Å². The van der Waals surface area contributed by atoms with Crippen LogP contribution in [-0.4, -0.2) is 68.3 Å². The van der Waals surface area contributed by atoms with Crippen molar-refractivity contribution in [3.63, 3.8) is 0 Å². The summed E-state index contributed by atoms with van der Waals surface area (Å²) >= 11 is 0. The van der Waals surface area contributed by atoms with Crippen LogP contribution in [0.15, 0.2) is 29.2 Å². The molecule has 8 heteroatoms. The van der Waals surface area contributed by atoms with Crippen LogP contribution in [0.1, 0.15) is 40.5 Å². The molecule has 1 heterocycles. The first kappa shape index (κ1) is 22.8. The average molecular weight is 411 g/mol. The molecule has 1 amide bonds. The Bertz CT molecular complexity index is 722. The molecule has 0 unspecified atom stereocenters. The summed E-state index contributed by atoms with van der Waals surface area (Å²) in [7, 11) is -3.48. The Hall–Kier alpha value is -1.48. The van der Waals surface area contributed by atoms with E-state index in [0.717, 1.165) is 25.9 Å². The number of rotatable bonds is 9. The minimum atomic E-state index is -3.48. The predicted octanol–water partition coefficient (Wildman–Crippen LogP) is 2.12. The molecular weight excluding hydrogens is 376 g/mol. The molecule has 0 radical (unpaired) electrons. The van der Waals surface area contributed by atoms with Gasteiger partial charge >= 0.3 is 0 Å². The van der Waals surface area contributed by atoms with Crippen molar-refractivity contribution >= 4 is 21.6 Å². The maximum Gasteiger partial charge on any atom is 0.243 e. The van der Waals surface area contributed by atoms with E-state index in [1.807, 2.05) is 13.8 Å². The predicted molar refractivity (Wildman–Crippen MR) is 113 cm³/mol. The Labute approximate surface area is 169 Å². The van der Waals surface area contributed by atoms with Crippen molar-refractivity contribution in [2.24, 2.45) is 0 Å². The average Bonchev–Trinajstić information content (AvgIpc) is 2.64. The number of anilines is 1. The van der Waals surface area contributed by atoms with E-state index in [9.17, 15) is 13.2 Å². The van der Waals surface area contributed by atoms with Crippen molar-refractivity contribution in [1.29, 1.82) is 0 Å². The van der Waals surface area contributed by atoms with E-state index in [4.69, 9.17) is 0 Å². The highest BCUT2D eigenvalue weighted by molar-refractivity contribution is 7.89. The van der Waals surface area contributed by atoms with Crippen molar-refractivity contribution in [1.82, 2.24) is 14.5 Å². The standard InChI is InChI=1S/C20H34N4O3S/c1-5-24(6-2)28(26,27)19-9-7-17(8-10-19)22-20(25)15-23-13-11-18(12-14-23)21-16(3)4/h7-10,16,18,21H,5-6,11-15H2,1-4H3,(H,22,25). The lowest BCUT2D eigenvalue weighted by molar-refractivity contribution is -0.117. The molecule has 2 rings (SSSR count). The molecule has 0 spiro atoms. The molecule has 1 saturated heterocycles. The van der Waals surface area contributed by atoms with Crippen LogP contribution in [-0.2, 0) is 14.8 Å². The van der Waals surface area contributed by atoms with Crippen LogP contribution in [0.2, 0.25) is 0 Å². The van der Waals surface area contributed by atoms with Gasteiger partial charge < -0.3 is 10.6 Å². The van der Waals surface area contributed by atoms with E-state index >= 15 is 0 Å². The number of piperidine rings is 1. The normalized spacial score (nSPS) is 16.6. The van der Waals surface area contributed by atoms with Gasteiger partial charge in [-0.15, -0.1) is 0 Å². The minimum Gasteiger partial charge on any atom is -0.325 e. The molecule has 1 aromatic carbocycles. The Kier molecular flexibility index (Phi) is 8.42. The van der Waals surface area contributed by atoms with Crippen LogP contribution in [0, 0.1) is 0 Å². The lowest BCUT2D eigenvalue weighted by Crippen LogP contribution is -2.46. The molecule has 0 bridgehead atoms. The zero-order chi connectivity index (χ0) is 20.7. The number of carbonyl (C=O) groups is 1. The number of hydrogen-bond acceptors (Lipinski definition) is 5. The first-order chi connectivity index (χ1) is 13.3. The molecule has 1 aliphatic heterocycles. The van der Waals surface area contributed by atoms with E-state index < -0.39 is 10.0 Å².